The molecule has 5 rings (SSSR count). The zero-order valence-corrected chi connectivity index (χ0v) is 14.1. The van der Waals surface area contributed by atoms with Gasteiger partial charge < -0.3 is 9.64 Å². The zero-order chi connectivity index (χ0) is 16.7. The quantitative estimate of drug-likeness (QED) is 0.854. The van der Waals surface area contributed by atoms with E-state index < -0.39 is 0 Å². The lowest BCUT2D eigenvalue weighted by Gasteiger charge is -2.56. The van der Waals surface area contributed by atoms with Gasteiger partial charge in [-0.3, -0.25) is 4.79 Å². The average Bonchev–Trinajstić information content (AvgIpc) is 2.58. The van der Waals surface area contributed by atoms with Crippen molar-refractivity contribution in [2.24, 2.45) is 23.7 Å². The fraction of sp³-hybridized carbons (Fsp3) is 0.600. The first-order chi connectivity index (χ1) is 11.7. The molecule has 4 nitrogen and oxygen atoms in total. The van der Waals surface area contributed by atoms with Crippen LogP contribution in [0, 0.1) is 35.0 Å². The summed E-state index contributed by atoms with van der Waals surface area (Å²) in [5, 5.41) is 9.11. The molecule has 4 aliphatic rings. The van der Waals surface area contributed by atoms with Crippen molar-refractivity contribution in [1.82, 2.24) is 4.90 Å². The number of likely N-dealkylation sites (N-methyl/N-ethyl adjacent to an activating group) is 1. The van der Waals surface area contributed by atoms with Gasteiger partial charge in [-0.1, -0.05) is 12.1 Å². The van der Waals surface area contributed by atoms with Crippen molar-refractivity contribution in [2.75, 3.05) is 13.7 Å². The topological polar surface area (TPSA) is 53.3 Å². The number of benzene rings is 1. The molecule has 126 valence electrons. The Morgan fingerprint density at radius 2 is 1.79 bits per heavy atom. The molecule has 0 N–H and O–H groups in total. The van der Waals surface area contributed by atoms with Crippen LogP contribution in [0.4, 0.5) is 0 Å². The number of amides is 1. The number of carbonyl (C=O) groups is 1. The summed E-state index contributed by atoms with van der Waals surface area (Å²) in [4.78, 5) is 14.6. The number of hydrogen-bond acceptors (Lipinski definition) is 3. The van der Waals surface area contributed by atoms with Crippen LogP contribution in [-0.4, -0.2) is 30.5 Å². The van der Waals surface area contributed by atoms with Crippen molar-refractivity contribution < 1.29 is 9.53 Å². The maximum Gasteiger partial charge on any atom is 0.260 e. The summed E-state index contributed by atoms with van der Waals surface area (Å²) >= 11 is 0. The molecule has 4 saturated carbocycles. The van der Waals surface area contributed by atoms with E-state index in [4.69, 9.17) is 10.00 Å². The van der Waals surface area contributed by atoms with Crippen molar-refractivity contribution in [1.29, 1.82) is 5.26 Å². The van der Waals surface area contributed by atoms with Crippen LogP contribution >= 0.6 is 0 Å². The van der Waals surface area contributed by atoms with E-state index in [0.717, 1.165) is 11.8 Å². The first-order valence-electron chi connectivity index (χ1n) is 9.03. The molecule has 0 aliphatic heterocycles. The zero-order valence-electron chi connectivity index (χ0n) is 14.1. The summed E-state index contributed by atoms with van der Waals surface area (Å²) in [6.07, 6.45) is 6.62. The maximum absolute atomic E-state index is 12.7. The second-order valence-corrected chi connectivity index (χ2v) is 7.82. The number of para-hydroxylation sites is 1. The summed E-state index contributed by atoms with van der Waals surface area (Å²) in [5.41, 5.74) is 0.475. The molecule has 0 spiro atoms. The van der Waals surface area contributed by atoms with Gasteiger partial charge in [0, 0.05) is 13.1 Å². The number of rotatable bonds is 4. The van der Waals surface area contributed by atoms with Gasteiger partial charge in [0.25, 0.3) is 5.91 Å². The van der Waals surface area contributed by atoms with Gasteiger partial charge in [-0.2, -0.15) is 5.26 Å². The van der Waals surface area contributed by atoms with Crippen molar-refractivity contribution in [3.63, 3.8) is 0 Å². The van der Waals surface area contributed by atoms with Crippen LogP contribution in [-0.2, 0) is 4.79 Å². The Morgan fingerprint density at radius 1 is 1.17 bits per heavy atom. The fourth-order valence-corrected chi connectivity index (χ4v) is 5.62. The number of carbonyl (C=O) groups excluding carboxylic acids is 1. The van der Waals surface area contributed by atoms with E-state index in [9.17, 15) is 4.79 Å². The van der Waals surface area contributed by atoms with Gasteiger partial charge in [0.05, 0.1) is 5.56 Å². The van der Waals surface area contributed by atoms with Gasteiger partial charge >= 0.3 is 0 Å². The van der Waals surface area contributed by atoms with Crippen molar-refractivity contribution >= 4 is 5.91 Å². The van der Waals surface area contributed by atoms with Gasteiger partial charge in [-0.05, 0) is 67.9 Å². The van der Waals surface area contributed by atoms with Crippen molar-refractivity contribution in [3.05, 3.63) is 29.8 Å². The molecule has 1 aromatic carbocycles. The highest BCUT2D eigenvalue weighted by atomic mass is 16.5. The minimum absolute atomic E-state index is 0.0119. The molecule has 0 atom stereocenters. The highest BCUT2D eigenvalue weighted by Gasteiger charge is 2.50. The summed E-state index contributed by atoms with van der Waals surface area (Å²) in [7, 11) is 1.94. The van der Waals surface area contributed by atoms with Gasteiger partial charge in [0.2, 0.25) is 0 Å². The van der Waals surface area contributed by atoms with Crippen LogP contribution in [0.15, 0.2) is 24.3 Å². The first-order valence-corrected chi connectivity index (χ1v) is 9.03. The average molecular weight is 324 g/mol. The van der Waals surface area contributed by atoms with Gasteiger partial charge in [0.1, 0.15) is 11.8 Å². The molecule has 0 saturated heterocycles. The minimum Gasteiger partial charge on any atom is -0.482 e. The highest BCUT2D eigenvalue weighted by molar-refractivity contribution is 5.78. The maximum atomic E-state index is 12.7. The predicted molar refractivity (Wildman–Crippen MR) is 90.3 cm³/mol. The van der Waals surface area contributed by atoms with Crippen LogP contribution in [0.2, 0.25) is 0 Å². The second-order valence-electron chi connectivity index (χ2n) is 7.82. The van der Waals surface area contributed by atoms with E-state index in [0.29, 0.717) is 29.2 Å². The van der Waals surface area contributed by atoms with E-state index in [2.05, 4.69) is 6.07 Å². The van der Waals surface area contributed by atoms with E-state index in [1.54, 1.807) is 18.2 Å². The summed E-state index contributed by atoms with van der Waals surface area (Å²) in [6, 6.07) is 9.57. The Balaban J connectivity index is 1.41. The third-order valence-electron chi connectivity index (χ3n) is 6.38. The third kappa shape index (κ3) is 2.66. The Hall–Kier alpha value is -2.02. The van der Waals surface area contributed by atoms with Crippen LogP contribution < -0.4 is 4.74 Å². The molecular weight excluding hydrogens is 300 g/mol. The third-order valence-corrected chi connectivity index (χ3v) is 6.38. The Labute approximate surface area is 143 Å². The Bertz CT molecular complexity index is 650. The van der Waals surface area contributed by atoms with Crippen LogP contribution in [0.25, 0.3) is 0 Å². The predicted octanol–water partition coefficient (Wildman–Crippen LogP) is 3.22. The van der Waals surface area contributed by atoms with Gasteiger partial charge in [-0.15, -0.1) is 0 Å². The minimum atomic E-state index is 0.0119. The SMILES string of the molecule is CN(C(=O)COc1ccccc1C#N)C1C2CC3CC(C2)CC1C3. The molecule has 0 unspecified atom stereocenters. The molecule has 4 aliphatic carbocycles. The summed E-state index contributed by atoms with van der Waals surface area (Å²) in [5.74, 6) is 3.70. The molecule has 0 aromatic heterocycles. The molecule has 0 heterocycles. The number of ether oxygens (including phenoxy) is 1. The lowest BCUT2D eigenvalue weighted by molar-refractivity contribution is -0.143. The van der Waals surface area contributed by atoms with E-state index in [1.807, 2.05) is 18.0 Å². The molecule has 24 heavy (non-hydrogen) atoms. The molecule has 1 amide bonds. The van der Waals surface area contributed by atoms with Gasteiger partial charge in [0.15, 0.2) is 6.61 Å². The molecular formula is C20H24N2O2. The lowest BCUT2D eigenvalue weighted by Crippen LogP contribution is -2.56. The monoisotopic (exact) mass is 324 g/mol. The van der Waals surface area contributed by atoms with Crippen LogP contribution in [0.1, 0.15) is 37.7 Å². The largest absolute Gasteiger partial charge is 0.482 e. The van der Waals surface area contributed by atoms with Gasteiger partial charge in [-0.25, -0.2) is 0 Å². The second kappa shape index (κ2) is 6.12. The molecule has 4 fully saturated rings. The standard InChI is InChI=1S/C20H24N2O2/c1-22(19(23)12-24-18-5-3-2-4-15(18)11-21)20-16-7-13-6-14(9-16)10-17(20)8-13/h2-5,13-14,16-17,20H,6-10,12H2,1H3. The fourth-order valence-electron chi connectivity index (χ4n) is 5.62. The molecule has 1 aromatic rings. The Kier molecular flexibility index (Phi) is 3.96. The normalized spacial score (nSPS) is 33.1. The van der Waals surface area contributed by atoms with E-state index in [-0.39, 0.29) is 12.5 Å². The summed E-state index contributed by atoms with van der Waals surface area (Å²) in [6.45, 7) is 0.0119. The van der Waals surface area contributed by atoms with E-state index in [1.165, 1.54) is 32.1 Å². The van der Waals surface area contributed by atoms with Crippen LogP contribution in [0.3, 0.4) is 0 Å². The lowest BCUT2D eigenvalue weighted by atomic mass is 9.54. The number of nitriles is 1. The molecule has 0 radical (unpaired) electrons. The smallest absolute Gasteiger partial charge is 0.260 e. The number of nitrogens with zero attached hydrogens (tertiary/aromatic N) is 2. The molecule has 4 heteroatoms. The van der Waals surface area contributed by atoms with Crippen molar-refractivity contribution in [2.45, 2.75) is 38.1 Å². The Morgan fingerprint density at radius 3 is 2.42 bits per heavy atom. The summed E-state index contributed by atoms with van der Waals surface area (Å²) < 4.78 is 5.64. The highest BCUT2D eigenvalue weighted by Crippen LogP contribution is 2.54. The van der Waals surface area contributed by atoms with E-state index >= 15 is 0 Å². The van der Waals surface area contributed by atoms with Crippen molar-refractivity contribution in [3.8, 4) is 11.8 Å². The first kappa shape index (κ1) is 15.5. The van der Waals surface area contributed by atoms with Crippen LogP contribution in [0.5, 0.6) is 5.75 Å². The molecule has 4 bridgehead atoms. The number of hydrogen-bond donors (Lipinski definition) is 0.